The van der Waals surface area contributed by atoms with Crippen LogP contribution in [0.2, 0.25) is 0 Å². The average Bonchev–Trinajstić information content (AvgIpc) is 2.47. The predicted octanol–water partition coefficient (Wildman–Crippen LogP) is 1.99. The van der Waals surface area contributed by atoms with Gasteiger partial charge in [0.1, 0.15) is 5.75 Å². The molecular weight excluding hydrogens is 254 g/mol. The maximum atomic E-state index is 10.1. The predicted molar refractivity (Wildman–Crippen MR) is 79.9 cm³/mol. The van der Waals surface area contributed by atoms with E-state index in [1.54, 1.807) is 13.2 Å². The Morgan fingerprint density at radius 2 is 1.90 bits per heavy atom. The van der Waals surface area contributed by atoms with E-state index in [-0.39, 0.29) is 6.61 Å². The Morgan fingerprint density at radius 1 is 1.10 bits per heavy atom. The standard InChI is InChI=1S/C16H21NO3/c1-20-11-9-17(8-10-18)12-15-14-5-3-2-4-13(14)6-7-16(15)19/h2-7,18-19H,8-12H2,1H3. The first-order valence-corrected chi connectivity index (χ1v) is 6.78. The van der Waals surface area contributed by atoms with Crippen molar-refractivity contribution in [1.29, 1.82) is 0 Å². The van der Waals surface area contributed by atoms with Crippen LogP contribution in [0.1, 0.15) is 5.56 Å². The number of hydrogen-bond donors (Lipinski definition) is 2. The van der Waals surface area contributed by atoms with Crippen LogP contribution in [0.4, 0.5) is 0 Å². The molecule has 0 saturated heterocycles. The molecule has 0 fully saturated rings. The second kappa shape index (κ2) is 7.24. The summed E-state index contributed by atoms with van der Waals surface area (Å²) in [7, 11) is 1.66. The summed E-state index contributed by atoms with van der Waals surface area (Å²) in [5.41, 5.74) is 0.896. The van der Waals surface area contributed by atoms with Gasteiger partial charge in [-0.3, -0.25) is 4.90 Å². The van der Waals surface area contributed by atoms with Gasteiger partial charge in [-0.05, 0) is 16.8 Å². The van der Waals surface area contributed by atoms with Gasteiger partial charge in [0, 0.05) is 32.3 Å². The van der Waals surface area contributed by atoms with E-state index in [4.69, 9.17) is 9.84 Å². The summed E-state index contributed by atoms with van der Waals surface area (Å²) in [4.78, 5) is 2.07. The van der Waals surface area contributed by atoms with Crippen molar-refractivity contribution >= 4 is 10.8 Å². The first kappa shape index (κ1) is 14.8. The maximum Gasteiger partial charge on any atom is 0.120 e. The number of nitrogens with zero attached hydrogens (tertiary/aromatic N) is 1. The molecule has 0 heterocycles. The maximum absolute atomic E-state index is 10.1. The number of benzene rings is 2. The number of phenols is 1. The van der Waals surface area contributed by atoms with Crippen LogP contribution in [0.3, 0.4) is 0 Å². The molecule has 0 saturated carbocycles. The Balaban J connectivity index is 2.28. The molecule has 4 nitrogen and oxygen atoms in total. The summed E-state index contributed by atoms with van der Waals surface area (Å²) in [6.07, 6.45) is 0. The number of aliphatic hydroxyl groups excluding tert-OH is 1. The highest BCUT2D eigenvalue weighted by Gasteiger charge is 2.11. The van der Waals surface area contributed by atoms with E-state index in [9.17, 15) is 5.11 Å². The molecule has 0 aliphatic rings. The highest BCUT2D eigenvalue weighted by atomic mass is 16.5. The number of rotatable bonds is 7. The summed E-state index contributed by atoms with van der Waals surface area (Å²) in [6, 6.07) is 11.6. The van der Waals surface area contributed by atoms with Gasteiger partial charge < -0.3 is 14.9 Å². The van der Waals surface area contributed by atoms with Crippen molar-refractivity contribution in [2.45, 2.75) is 6.54 Å². The zero-order valence-corrected chi connectivity index (χ0v) is 11.7. The molecule has 20 heavy (non-hydrogen) atoms. The van der Waals surface area contributed by atoms with Crippen LogP contribution in [0.25, 0.3) is 10.8 Å². The van der Waals surface area contributed by atoms with Crippen LogP contribution < -0.4 is 0 Å². The third-order valence-corrected chi connectivity index (χ3v) is 3.43. The van der Waals surface area contributed by atoms with Gasteiger partial charge >= 0.3 is 0 Å². The Morgan fingerprint density at radius 3 is 2.65 bits per heavy atom. The number of methoxy groups -OCH3 is 1. The van der Waals surface area contributed by atoms with Gasteiger partial charge in [-0.2, -0.15) is 0 Å². The highest BCUT2D eigenvalue weighted by Crippen LogP contribution is 2.28. The first-order chi connectivity index (χ1) is 9.76. The van der Waals surface area contributed by atoms with Gasteiger partial charge in [0.25, 0.3) is 0 Å². The van der Waals surface area contributed by atoms with Gasteiger partial charge in [-0.25, -0.2) is 0 Å². The van der Waals surface area contributed by atoms with Crippen LogP contribution in [0, 0.1) is 0 Å². The van der Waals surface area contributed by atoms with Crippen LogP contribution in [-0.4, -0.2) is 48.5 Å². The largest absolute Gasteiger partial charge is 0.508 e. The Labute approximate surface area is 119 Å². The molecular formula is C16H21NO3. The molecule has 2 rings (SSSR count). The normalized spacial score (nSPS) is 11.3. The van der Waals surface area contributed by atoms with Crippen LogP contribution in [0.5, 0.6) is 5.75 Å². The van der Waals surface area contributed by atoms with Gasteiger partial charge in [0.05, 0.1) is 13.2 Å². The first-order valence-electron chi connectivity index (χ1n) is 6.78. The third kappa shape index (κ3) is 3.48. The summed E-state index contributed by atoms with van der Waals surface area (Å²) in [6.45, 7) is 2.57. The topological polar surface area (TPSA) is 52.9 Å². The third-order valence-electron chi connectivity index (χ3n) is 3.43. The van der Waals surface area contributed by atoms with Crippen LogP contribution in [-0.2, 0) is 11.3 Å². The number of aromatic hydroxyl groups is 1. The summed E-state index contributed by atoms with van der Waals surface area (Å²) >= 11 is 0. The second-order valence-electron chi connectivity index (χ2n) is 4.78. The Hall–Kier alpha value is -1.62. The second-order valence-corrected chi connectivity index (χ2v) is 4.78. The molecule has 108 valence electrons. The minimum absolute atomic E-state index is 0.0925. The Bertz CT molecular complexity index is 556. The average molecular weight is 275 g/mol. The lowest BCUT2D eigenvalue weighted by Crippen LogP contribution is -2.30. The van der Waals surface area contributed by atoms with Crippen molar-refractivity contribution in [1.82, 2.24) is 4.90 Å². The van der Waals surface area contributed by atoms with E-state index in [1.807, 2.05) is 30.3 Å². The molecule has 0 aliphatic heterocycles. The van der Waals surface area contributed by atoms with E-state index in [0.717, 1.165) is 22.9 Å². The number of hydrogen-bond acceptors (Lipinski definition) is 4. The molecule has 2 aromatic carbocycles. The molecule has 0 aliphatic carbocycles. The van der Waals surface area contributed by atoms with Gasteiger partial charge in [0.15, 0.2) is 0 Å². The van der Waals surface area contributed by atoms with Crippen molar-refractivity contribution in [3.05, 3.63) is 42.0 Å². The van der Waals surface area contributed by atoms with Gasteiger partial charge in [0.2, 0.25) is 0 Å². The lowest BCUT2D eigenvalue weighted by Gasteiger charge is -2.22. The molecule has 0 aromatic heterocycles. The zero-order chi connectivity index (χ0) is 14.4. The van der Waals surface area contributed by atoms with Crippen molar-refractivity contribution < 1.29 is 14.9 Å². The fourth-order valence-corrected chi connectivity index (χ4v) is 2.35. The molecule has 4 heteroatoms. The molecule has 0 radical (unpaired) electrons. The summed E-state index contributed by atoms with van der Waals surface area (Å²) in [5.74, 6) is 0.295. The van der Waals surface area contributed by atoms with E-state index in [1.165, 1.54) is 0 Å². The van der Waals surface area contributed by atoms with Crippen LogP contribution in [0.15, 0.2) is 36.4 Å². The van der Waals surface area contributed by atoms with E-state index in [0.29, 0.717) is 25.4 Å². The molecule has 0 unspecified atom stereocenters. The SMILES string of the molecule is COCCN(CCO)Cc1c(O)ccc2ccccc12. The van der Waals surface area contributed by atoms with Crippen molar-refractivity contribution in [3.8, 4) is 5.75 Å². The Kier molecular flexibility index (Phi) is 5.35. The minimum Gasteiger partial charge on any atom is -0.508 e. The molecule has 2 aromatic rings. The number of aliphatic hydroxyl groups is 1. The fraction of sp³-hybridized carbons (Fsp3) is 0.375. The number of phenolic OH excluding ortho intramolecular Hbond substituents is 1. The van der Waals surface area contributed by atoms with Crippen molar-refractivity contribution in [2.75, 3.05) is 33.4 Å². The quantitative estimate of drug-likeness (QED) is 0.811. The molecule has 2 N–H and O–H groups in total. The van der Waals surface area contributed by atoms with E-state index < -0.39 is 0 Å². The van der Waals surface area contributed by atoms with E-state index in [2.05, 4.69) is 4.90 Å². The monoisotopic (exact) mass is 275 g/mol. The lowest BCUT2D eigenvalue weighted by molar-refractivity contribution is 0.126. The smallest absolute Gasteiger partial charge is 0.120 e. The van der Waals surface area contributed by atoms with Crippen molar-refractivity contribution in [2.24, 2.45) is 0 Å². The van der Waals surface area contributed by atoms with Crippen molar-refractivity contribution in [3.63, 3.8) is 0 Å². The van der Waals surface area contributed by atoms with Crippen LogP contribution >= 0.6 is 0 Å². The summed E-state index contributed by atoms with van der Waals surface area (Å²) in [5, 5.41) is 21.4. The zero-order valence-electron chi connectivity index (χ0n) is 11.7. The number of fused-ring (bicyclic) bond motifs is 1. The fourth-order valence-electron chi connectivity index (χ4n) is 2.35. The molecule has 0 bridgehead atoms. The van der Waals surface area contributed by atoms with E-state index >= 15 is 0 Å². The van der Waals surface area contributed by atoms with Gasteiger partial charge in [-0.1, -0.05) is 30.3 Å². The molecule has 0 atom stereocenters. The lowest BCUT2D eigenvalue weighted by atomic mass is 10.0. The molecule has 0 spiro atoms. The number of ether oxygens (including phenoxy) is 1. The molecule has 0 amide bonds. The highest BCUT2D eigenvalue weighted by molar-refractivity contribution is 5.87. The minimum atomic E-state index is 0.0925. The van der Waals surface area contributed by atoms with Gasteiger partial charge in [-0.15, -0.1) is 0 Å². The summed E-state index contributed by atoms with van der Waals surface area (Å²) < 4.78 is 5.09.